The van der Waals surface area contributed by atoms with Crippen LogP contribution in [0.1, 0.15) is 22.4 Å². The van der Waals surface area contributed by atoms with Crippen LogP contribution in [0.25, 0.3) is 11.5 Å². The molecule has 0 aliphatic carbocycles. The maximum absolute atomic E-state index is 9.24. The van der Waals surface area contributed by atoms with Gasteiger partial charge in [-0.2, -0.15) is 10.2 Å². The fourth-order valence-corrected chi connectivity index (χ4v) is 2.22. The summed E-state index contributed by atoms with van der Waals surface area (Å²) < 4.78 is 5.73. The highest BCUT2D eigenvalue weighted by Crippen LogP contribution is 2.26. The summed E-state index contributed by atoms with van der Waals surface area (Å²) in [4.78, 5) is 4.26. The summed E-state index contributed by atoms with van der Waals surface area (Å²) in [5.74, 6) is 0.858. The van der Waals surface area contributed by atoms with E-state index in [1.165, 1.54) is 11.1 Å². The van der Waals surface area contributed by atoms with Gasteiger partial charge in [-0.3, -0.25) is 0 Å². The van der Waals surface area contributed by atoms with E-state index in [1.54, 1.807) is 0 Å². The van der Waals surface area contributed by atoms with Crippen LogP contribution in [0.5, 0.6) is 0 Å². The van der Waals surface area contributed by atoms with Crippen LogP contribution in [0.15, 0.2) is 52.9 Å². The van der Waals surface area contributed by atoms with Gasteiger partial charge in [-0.15, -0.1) is 0 Å². The molecule has 4 nitrogen and oxygen atoms in total. The minimum Gasteiger partial charge on any atom is -0.419 e. The Morgan fingerprint density at radius 1 is 1.00 bits per heavy atom. The van der Waals surface area contributed by atoms with Crippen LogP contribution in [0, 0.1) is 25.2 Å². The van der Waals surface area contributed by atoms with Crippen LogP contribution in [0.2, 0.25) is 0 Å². The summed E-state index contributed by atoms with van der Waals surface area (Å²) in [5.41, 5.74) is 4.63. The molecule has 23 heavy (non-hydrogen) atoms. The van der Waals surface area contributed by atoms with Gasteiger partial charge >= 0.3 is 0 Å². The molecule has 0 bridgehead atoms. The van der Waals surface area contributed by atoms with E-state index in [0.717, 1.165) is 11.1 Å². The maximum Gasteiger partial charge on any atom is 0.232 e. The molecular weight excluding hydrogens is 286 g/mol. The van der Waals surface area contributed by atoms with E-state index in [1.807, 2.05) is 43.3 Å². The Balaban J connectivity index is 1.80. The predicted molar refractivity (Wildman–Crippen MR) is 89.9 cm³/mol. The van der Waals surface area contributed by atoms with Crippen molar-refractivity contribution in [3.63, 3.8) is 0 Å². The van der Waals surface area contributed by atoms with Gasteiger partial charge in [-0.05, 0) is 31.5 Å². The molecule has 0 aliphatic heterocycles. The minimum atomic E-state index is 0.271. The van der Waals surface area contributed by atoms with Crippen molar-refractivity contribution in [2.75, 3.05) is 5.32 Å². The smallest absolute Gasteiger partial charge is 0.232 e. The Kier molecular flexibility index (Phi) is 4.11. The Labute approximate surface area is 135 Å². The molecule has 3 rings (SSSR count). The van der Waals surface area contributed by atoms with Crippen molar-refractivity contribution in [3.05, 3.63) is 70.9 Å². The second-order valence-electron chi connectivity index (χ2n) is 5.51. The SMILES string of the molecule is Cc1ccc(CNc2oc(-c3ccc(C)cc3)nc2C#N)cc1. The number of nitrogens with zero attached hydrogens (tertiary/aromatic N) is 2. The van der Waals surface area contributed by atoms with E-state index in [9.17, 15) is 5.26 Å². The van der Waals surface area contributed by atoms with Crippen LogP contribution < -0.4 is 5.32 Å². The van der Waals surface area contributed by atoms with Crippen LogP contribution in [0.3, 0.4) is 0 Å². The molecule has 0 radical (unpaired) electrons. The van der Waals surface area contributed by atoms with Crippen molar-refractivity contribution in [2.24, 2.45) is 0 Å². The highest BCUT2D eigenvalue weighted by Gasteiger charge is 2.14. The summed E-state index contributed by atoms with van der Waals surface area (Å²) in [7, 11) is 0. The van der Waals surface area contributed by atoms with Gasteiger partial charge < -0.3 is 9.73 Å². The van der Waals surface area contributed by atoms with Gasteiger partial charge in [0.2, 0.25) is 17.5 Å². The van der Waals surface area contributed by atoms with E-state index in [0.29, 0.717) is 18.3 Å². The Morgan fingerprint density at radius 3 is 2.22 bits per heavy atom. The number of rotatable bonds is 4. The lowest BCUT2D eigenvalue weighted by molar-refractivity contribution is 0.585. The van der Waals surface area contributed by atoms with Crippen molar-refractivity contribution in [3.8, 4) is 17.5 Å². The summed E-state index contributed by atoms with van der Waals surface area (Å²) >= 11 is 0. The van der Waals surface area contributed by atoms with Crippen LogP contribution >= 0.6 is 0 Å². The largest absolute Gasteiger partial charge is 0.419 e. The average Bonchev–Trinajstić information content (AvgIpc) is 2.98. The molecule has 0 unspecified atom stereocenters. The first-order chi connectivity index (χ1) is 11.2. The van der Waals surface area contributed by atoms with Gasteiger partial charge in [-0.1, -0.05) is 47.5 Å². The number of anilines is 1. The second-order valence-corrected chi connectivity index (χ2v) is 5.51. The fraction of sp³-hybridized carbons (Fsp3) is 0.158. The van der Waals surface area contributed by atoms with Crippen LogP contribution in [-0.4, -0.2) is 4.98 Å². The third-order valence-corrected chi connectivity index (χ3v) is 3.61. The molecule has 2 aromatic carbocycles. The standard InChI is InChI=1S/C19H17N3O/c1-13-3-7-15(8-4-13)12-21-19-17(11-20)22-18(23-19)16-9-5-14(2)6-10-16/h3-10,21H,12H2,1-2H3. The predicted octanol–water partition coefficient (Wildman–Crippen LogP) is 4.44. The van der Waals surface area contributed by atoms with Gasteiger partial charge in [-0.25, -0.2) is 0 Å². The maximum atomic E-state index is 9.24. The highest BCUT2D eigenvalue weighted by atomic mass is 16.4. The van der Waals surface area contributed by atoms with Gasteiger partial charge in [0.1, 0.15) is 6.07 Å². The van der Waals surface area contributed by atoms with Gasteiger partial charge in [0.05, 0.1) is 0 Å². The number of nitriles is 1. The van der Waals surface area contributed by atoms with Crippen molar-refractivity contribution in [2.45, 2.75) is 20.4 Å². The van der Waals surface area contributed by atoms with Gasteiger partial charge in [0, 0.05) is 12.1 Å². The monoisotopic (exact) mass is 303 g/mol. The average molecular weight is 303 g/mol. The number of aryl methyl sites for hydroxylation is 2. The number of aromatic nitrogens is 1. The van der Waals surface area contributed by atoms with Crippen LogP contribution in [0.4, 0.5) is 5.88 Å². The molecule has 1 aromatic heterocycles. The highest BCUT2D eigenvalue weighted by molar-refractivity contribution is 5.59. The molecule has 0 saturated heterocycles. The fourth-order valence-electron chi connectivity index (χ4n) is 2.22. The van der Waals surface area contributed by atoms with Crippen molar-refractivity contribution >= 4 is 5.88 Å². The van der Waals surface area contributed by atoms with Crippen molar-refractivity contribution in [1.82, 2.24) is 4.98 Å². The van der Waals surface area contributed by atoms with E-state index in [-0.39, 0.29) is 5.69 Å². The Morgan fingerprint density at radius 2 is 1.61 bits per heavy atom. The van der Waals surface area contributed by atoms with Crippen LogP contribution in [-0.2, 0) is 6.54 Å². The third-order valence-electron chi connectivity index (χ3n) is 3.61. The molecule has 1 N–H and O–H groups in total. The van der Waals surface area contributed by atoms with Gasteiger partial charge in [0.25, 0.3) is 0 Å². The van der Waals surface area contributed by atoms with Crippen molar-refractivity contribution in [1.29, 1.82) is 5.26 Å². The van der Waals surface area contributed by atoms with E-state index in [4.69, 9.17) is 4.42 Å². The lowest BCUT2D eigenvalue weighted by Crippen LogP contribution is -1.99. The third kappa shape index (κ3) is 3.41. The quantitative estimate of drug-likeness (QED) is 0.774. The van der Waals surface area contributed by atoms with Gasteiger partial charge in [0.15, 0.2) is 0 Å². The lowest BCUT2D eigenvalue weighted by Gasteiger charge is -2.03. The zero-order valence-corrected chi connectivity index (χ0v) is 13.1. The first-order valence-corrected chi connectivity index (χ1v) is 7.43. The zero-order chi connectivity index (χ0) is 16.2. The summed E-state index contributed by atoms with van der Waals surface area (Å²) in [6.07, 6.45) is 0. The molecule has 0 fully saturated rings. The molecule has 0 aliphatic rings. The Hall–Kier alpha value is -3.06. The minimum absolute atomic E-state index is 0.271. The Bertz CT molecular complexity index is 840. The first kappa shape index (κ1) is 14.9. The van der Waals surface area contributed by atoms with E-state index in [2.05, 4.69) is 35.4 Å². The summed E-state index contributed by atoms with van der Waals surface area (Å²) in [5, 5.41) is 12.4. The topological polar surface area (TPSA) is 61.9 Å². The molecule has 0 saturated carbocycles. The molecule has 0 amide bonds. The normalized spacial score (nSPS) is 10.3. The number of oxazole rings is 1. The lowest BCUT2D eigenvalue weighted by atomic mass is 10.1. The summed E-state index contributed by atoms with van der Waals surface area (Å²) in [6, 6.07) is 18.1. The van der Waals surface area contributed by atoms with E-state index < -0.39 is 0 Å². The van der Waals surface area contributed by atoms with E-state index >= 15 is 0 Å². The second kappa shape index (κ2) is 6.37. The molecule has 0 spiro atoms. The molecule has 0 atom stereocenters. The number of benzene rings is 2. The summed E-state index contributed by atoms with van der Waals surface area (Å²) in [6.45, 7) is 4.65. The molecule has 3 aromatic rings. The molecule has 1 heterocycles. The molecule has 4 heteroatoms. The number of nitrogens with one attached hydrogen (secondary N) is 1. The molecule has 114 valence electrons. The number of hydrogen-bond donors (Lipinski definition) is 1. The molecular formula is C19H17N3O. The first-order valence-electron chi connectivity index (χ1n) is 7.43. The zero-order valence-electron chi connectivity index (χ0n) is 13.1. The van der Waals surface area contributed by atoms with Crippen molar-refractivity contribution < 1.29 is 4.42 Å². The number of hydrogen-bond acceptors (Lipinski definition) is 4.